The number of phenolic OH excluding ortho intramolecular Hbond substituents is 1. The zero-order valence-electron chi connectivity index (χ0n) is 8.25. The molecular weight excluding hydrogens is 253 g/mol. The number of nitrogens with zero attached hydrogens (tertiary/aromatic N) is 1. The molecule has 0 radical (unpaired) electrons. The van der Waals surface area contributed by atoms with Crippen LogP contribution in [0.4, 0.5) is 0 Å². The minimum atomic E-state index is -0.755. The predicted molar refractivity (Wildman–Crippen MR) is 58.8 cm³/mol. The first-order valence-electron chi connectivity index (χ1n) is 4.31. The number of phenols is 1. The highest BCUT2D eigenvalue weighted by molar-refractivity contribution is 6.44. The van der Waals surface area contributed by atoms with Crippen molar-refractivity contribution < 1.29 is 14.6 Å². The molecule has 0 aliphatic rings. The van der Waals surface area contributed by atoms with Crippen molar-refractivity contribution in [3.8, 4) is 11.8 Å². The van der Waals surface area contributed by atoms with E-state index in [9.17, 15) is 9.90 Å². The van der Waals surface area contributed by atoms with E-state index in [2.05, 4.69) is 0 Å². The van der Waals surface area contributed by atoms with Gasteiger partial charge in [-0.15, -0.1) is 0 Å². The highest BCUT2D eigenvalue weighted by Gasteiger charge is 2.20. The van der Waals surface area contributed by atoms with Gasteiger partial charge in [-0.2, -0.15) is 5.26 Å². The van der Waals surface area contributed by atoms with Gasteiger partial charge in [0.05, 0.1) is 17.2 Å². The Bertz CT molecular complexity index is 480. The highest BCUT2D eigenvalue weighted by Crippen LogP contribution is 2.37. The molecule has 0 saturated heterocycles. The first-order valence-corrected chi connectivity index (χ1v) is 5.06. The summed E-state index contributed by atoms with van der Waals surface area (Å²) in [6, 6.07) is 2.91. The van der Waals surface area contributed by atoms with Crippen LogP contribution < -0.4 is 0 Å². The van der Waals surface area contributed by atoms with Crippen LogP contribution in [-0.4, -0.2) is 17.7 Å². The molecule has 0 heterocycles. The quantitative estimate of drug-likeness (QED) is 0.830. The van der Waals surface area contributed by atoms with E-state index in [1.165, 1.54) is 0 Å². The van der Waals surface area contributed by atoms with Crippen LogP contribution in [0.25, 0.3) is 0 Å². The van der Waals surface area contributed by atoms with Gasteiger partial charge in [-0.3, -0.25) is 0 Å². The number of ether oxygens (including phenoxy) is 1. The molecule has 1 rings (SSSR count). The van der Waals surface area contributed by atoms with Gasteiger partial charge in [0.1, 0.15) is 22.4 Å². The number of nitriles is 1. The number of hydrogen-bond donors (Lipinski definition) is 1. The average Bonchev–Trinajstić information content (AvgIpc) is 2.27. The molecule has 6 heteroatoms. The summed E-state index contributed by atoms with van der Waals surface area (Å²) in [6.45, 7) is 1.78. The van der Waals surface area contributed by atoms with E-state index in [-0.39, 0.29) is 27.8 Å². The van der Waals surface area contributed by atoms with E-state index in [1.54, 1.807) is 13.0 Å². The molecule has 0 fully saturated rings. The van der Waals surface area contributed by atoms with Crippen LogP contribution in [0.1, 0.15) is 22.8 Å². The number of esters is 1. The minimum Gasteiger partial charge on any atom is -0.505 e. The largest absolute Gasteiger partial charge is 0.505 e. The van der Waals surface area contributed by atoms with E-state index >= 15 is 0 Å². The molecule has 0 unspecified atom stereocenters. The van der Waals surface area contributed by atoms with Crippen molar-refractivity contribution in [2.45, 2.75) is 6.92 Å². The zero-order valence-corrected chi connectivity index (χ0v) is 9.76. The van der Waals surface area contributed by atoms with E-state index in [0.717, 1.165) is 6.07 Å². The first-order chi connectivity index (χ1) is 7.52. The lowest BCUT2D eigenvalue weighted by molar-refractivity contribution is 0.0523. The van der Waals surface area contributed by atoms with Crippen molar-refractivity contribution in [3.63, 3.8) is 0 Å². The lowest BCUT2D eigenvalue weighted by Gasteiger charge is -2.08. The van der Waals surface area contributed by atoms with Gasteiger partial charge in [0.2, 0.25) is 0 Å². The number of carbonyl (C=O) groups excluding carboxylic acids is 1. The normalized spacial score (nSPS) is 9.62. The second kappa shape index (κ2) is 5.06. The fraction of sp³-hybridized carbons (Fsp3) is 0.200. The Balaban J connectivity index is 3.37. The Kier molecular flexibility index (Phi) is 3.99. The summed E-state index contributed by atoms with van der Waals surface area (Å²) in [5, 5.41) is 18.0. The Morgan fingerprint density at radius 1 is 1.56 bits per heavy atom. The molecule has 84 valence electrons. The Hall–Kier alpha value is -1.44. The topological polar surface area (TPSA) is 70.3 Å². The molecule has 0 aliphatic heterocycles. The third-order valence-electron chi connectivity index (χ3n) is 1.80. The summed E-state index contributed by atoms with van der Waals surface area (Å²) >= 11 is 11.4. The van der Waals surface area contributed by atoms with Gasteiger partial charge in [-0.1, -0.05) is 23.2 Å². The average molecular weight is 260 g/mol. The number of halogens is 2. The minimum absolute atomic E-state index is 0.00696. The van der Waals surface area contributed by atoms with Crippen molar-refractivity contribution in [1.29, 1.82) is 5.26 Å². The number of rotatable bonds is 2. The molecule has 0 aromatic heterocycles. The molecule has 1 N–H and O–H groups in total. The molecule has 0 amide bonds. The molecule has 0 bridgehead atoms. The molecule has 4 nitrogen and oxygen atoms in total. The predicted octanol–water partition coefficient (Wildman–Crippen LogP) is 2.75. The van der Waals surface area contributed by atoms with Gasteiger partial charge in [-0.25, -0.2) is 4.79 Å². The Morgan fingerprint density at radius 2 is 2.19 bits per heavy atom. The summed E-state index contributed by atoms with van der Waals surface area (Å²) in [5.74, 6) is -1.24. The van der Waals surface area contributed by atoms with Crippen LogP contribution in [0.5, 0.6) is 5.75 Å². The summed E-state index contributed by atoms with van der Waals surface area (Å²) in [6.07, 6.45) is 0. The van der Waals surface area contributed by atoms with Crippen molar-refractivity contribution in [1.82, 2.24) is 0 Å². The molecule has 1 aromatic rings. The van der Waals surface area contributed by atoms with Gasteiger partial charge in [0.25, 0.3) is 0 Å². The molecule has 0 spiro atoms. The second-order valence-corrected chi connectivity index (χ2v) is 3.54. The Labute approximate surface area is 102 Å². The number of aromatic hydroxyl groups is 1. The van der Waals surface area contributed by atoms with Gasteiger partial charge in [0.15, 0.2) is 0 Å². The van der Waals surface area contributed by atoms with Gasteiger partial charge >= 0.3 is 5.97 Å². The Morgan fingerprint density at radius 3 is 2.69 bits per heavy atom. The summed E-state index contributed by atoms with van der Waals surface area (Å²) in [4.78, 5) is 11.4. The van der Waals surface area contributed by atoms with E-state index < -0.39 is 11.7 Å². The number of benzene rings is 1. The van der Waals surface area contributed by atoms with E-state index in [4.69, 9.17) is 33.2 Å². The zero-order chi connectivity index (χ0) is 12.3. The van der Waals surface area contributed by atoms with Gasteiger partial charge < -0.3 is 9.84 Å². The number of carbonyl (C=O) groups is 1. The van der Waals surface area contributed by atoms with Crippen LogP contribution in [0.3, 0.4) is 0 Å². The van der Waals surface area contributed by atoms with E-state index in [0.29, 0.717) is 0 Å². The van der Waals surface area contributed by atoms with Crippen molar-refractivity contribution >= 4 is 29.2 Å². The third kappa shape index (κ3) is 2.21. The number of hydrogen-bond acceptors (Lipinski definition) is 4. The summed E-state index contributed by atoms with van der Waals surface area (Å²) in [7, 11) is 0. The van der Waals surface area contributed by atoms with Crippen molar-refractivity contribution in [2.24, 2.45) is 0 Å². The van der Waals surface area contributed by atoms with Crippen LogP contribution in [0.15, 0.2) is 6.07 Å². The second-order valence-electron chi connectivity index (χ2n) is 2.78. The maximum Gasteiger partial charge on any atom is 0.342 e. The molecular formula is C10H7Cl2NO3. The van der Waals surface area contributed by atoms with E-state index in [1.807, 2.05) is 0 Å². The van der Waals surface area contributed by atoms with Crippen LogP contribution in [0.2, 0.25) is 10.0 Å². The van der Waals surface area contributed by atoms with Crippen LogP contribution in [-0.2, 0) is 4.74 Å². The van der Waals surface area contributed by atoms with Gasteiger partial charge in [0, 0.05) is 0 Å². The lowest BCUT2D eigenvalue weighted by Crippen LogP contribution is -2.05. The maximum atomic E-state index is 11.4. The standard InChI is InChI=1S/C10H7Cl2NO3/c1-2-16-10(15)6-3-5(4-13)7(11)8(12)9(6)14/h3,14H,2H2,1H3. The first kappa shape index (κ1) is 12.6. The maximum absolute atomic E-state index is 11.4. The highest BCUT2D eigenvalue weighted by atomic mass is 35.5. The SMILES string of the molecule is CCOC(=O)c1cc(C#N)c(Cl)c(Cl)c1O. The molecule has 0 aliphatic carbocycles. The smallest absolute Gasteiger partial charge is 0.342 e. The third-order valence-corrected chi connectivity index (χ3v) is 2.65. The lowest BCUT2D eigenvalue weighted by atomic mass is 10.1. The van der Waals surface area contributed by atoms with Crippen molar-refractivity contribution in [2.75, 3.05) is 6.61 Å². The summed E-state index contributed by atoms with van der Waals surface area (Å²) < 4.78 is 4.69. The fourth-order valence-electron chi connectivity index (χ4n) is 1.06. The molecule has 0 atom stereocenters. The van der Waals surface area contributed by atoms with Crippen LogP contribution >= 0.6 is 23.2 Å². The molecule has 1 aromatic carbocycles. The summed E-state index contributed by atoms with van der Waals surface area (Å²) in [5.41, 5.74) is -0.166. The monoisotopic (exact) mass is 259 g/mol. The van der Waals surface area contributed by atoms with Crippen LogP contribution in [0, 0.1) is 11.3 Å². The molecule has 16 heavy (non-hydrogen) atoms. The fourth-order valence-corrected chi connectivity index (χ4v) is 1.45. The van der Waals surface area contributed by atoms with Crippen molar-refractivity contribution in [3.05, 3.63) is 27.2 Å². The molecule has 0 saturated carbocycles. The van der Waals surface area contributed by atoms with Gasteiger partial charge in [-0.05, 0) is 13.0 Å².